The second kappa shape index (κ2) is 14.3. The standard InChI is InChI=1S/C35H37BrClN3O7/c36-23-20-35-29-28(30(23)47-35)34(45)46-26(22-12-4-1-5-13-22)21-38-27(42)16-6-2-9-17-39(25-15-8-7-14-24(25)37)33(44)31(35)40(32(29)43)18-10-3-11-19-41/h1-2,4-5,7-9,12-15,20,26,28-31,41H,3,6,10-11,16-19,21H2,(H,38,42)/b9-2-/t26-,28-,29+,30-,31-,35+/m1/s1. The van der Waals surface area contributed by atoms with Crippen LogP contribution in [0.3, 0.4) is 0 Å². The Morgan fingerprint density at radius 3 is 2.51 bits per heavy atom. The van der Waals surface area contributed by atoms with E-state index in [9.17, 15) is 24.3 Å². The number of hydrogen-bond acceptors (Lipinski definition) is 7. The Labute approximate surface area is 286 Å². The molecule has 4 aliphatic heterocycles. The van der Waals surface area contributed by atoms with Crippen molar-refractivity contribution in [2.45, 2.75) is 56.0 Å². The van der Waals surface area contributed by atoms with Gasteiger partial charge in [-0.05, 0) is 49.5 Å². The molecule has 2 N–H and O–H groups in total. The van der Waals surface area contributed by atoms with Crippen molar-refractivity contribution >= 4 is 56.9 Å². The lowest BCUT2D eigenvalue weighted by atomic mass is 9.74. The van der Waals surface area contributed by atoms with Crippen molar-refractivity contribution in [3.8, 4) is 0 Å². The van der Waals surface area contributed by atoms with Crippen molar-refractivity contribution in [1.29, 1.82) is 0 Å². The number of likely N-dealkylation sites (tertiary alicyclic amines) is 1. The number of fused-ring (bicyclic) bond motifs is 2. The predicted octanol–water partition coefficient (Wildman–Crippen LogP) is 4.46. The summed E-state index contributed by atoms with van der Waals surface area (Å²) >= 11 is 10.2. The zero-order valence-electron chi connectivity index (χ0n) is 25.7. The van der Waals surface area contributed by atoms with Gasteiger partial charge in [-0.3, -0.25) is 19.2 Å². The number of aliphatic hydroxyl groups excluding tert-OH is 1. The first kappa shape index (κ1) is 33.4. The van der Waals surface area contributed by atoms with E-state index in [0.717, 1.165) is 0 Å². The number of aliphatic hydroxyl groups is 1. The van der Waals surface area contributed by atoms with E-state index in [1.54, 1.807) is 30.3 Å². The zero-order chi connectivity index (χ0) is 33.1. The third kappa shape index (κ3) is 6.38. The molecular weight excluding hydrogens is 690 g/mol. The third-order valence-electron chi connectivity index (χ3n) is 9.31. The molecule has 0 aliphatic carbocycles. The molecule has 2 fully saturated rings. The van der Waals surface area contributed by atoms with Gasteiger partial charge in [-0.1, -0.05) is 82.1 Å². The fraction of sp³-hybridized carbons (Fsp3) is 0.429. The maximum absolute atomic E-state index is 14.9. The molecule has 2 saturated heterocycles. The van der Waals surface area contributed by atoms with E-state index in [-0.39, 0.29) is 44.5 Å². The molecule has 2 aromatic rings. The maximum Gasteiger partial charge on any atom is 0.313 e. The molecule has 4 heterocycles. The number of carbonyl (C=O) groups is 4. The van der Waals surface area contributed by atoms with Crippen molar-refractivity contribution in [3.05, 3.63) is 87.9 Å². The maximum atomic E-state index is 14.9. The molecule has 0 unspecified atom stereocenters. The number of benzene rings is 2. The molecule has 47 heavy (non-hydrogen) atoms. The van der Waals surface area contributed by atoms with Gasteiger partial charge in [0.2, 0.25) is 11.8 Å². The minimum atomic E-state index is -1.44. The van der Waals surface area contributed by atoms with Gasteiger partial charge in [0, 0.05) is 30.6 Å². The van der Waals surface area contributed by atoms with Crippen molar-refractivity contribution in [3.63, 3.8) is 0 Å². The first-order valence-corrected chi connectivity index (χ1v) is 17.1. The molecule has 2 aromatic carbocycles. The SMILES string of the molecule is O=C1CC/C=C\CN(c2ccccc2Cl)C(=O)[C@H]2N(CCCCCO)C(=O)[C@@H]3[C@@H](C(=O)O[C@@H](c4ccccc4)CN1)[C@@H]1O[C@@]32C=C1Br. The van der Waals surface area contributed by atoms with Crippen LogP contribution in [0.25, 0.3) is 0 Å². The van der Waals surface area contributed by atoms with Crippen molar-refractivity contribution in [2.24, 2.45) is 11.8 Å². The molecule has 12 heteroatoms. The van der Waals surface area contributed by atoms with E-state index in [0.29, 0.717) is 46.4 Å². The molecule has 5 bridgehead atoms. The summed E-state index contributed by atoms with van der Waals surface area (Å²) < 4.78 is 13.3. The smallest absolute Gasteiger partial charge is 0.313 e. The molecular formula is C35H37BrClN3O7. The van der Waals surface area contributed by atoms with E-state index in [1.807, 2.05) is 42.5 Å². The quantitative estimate of drug-likeness (QED) is 0.245. The van der Waals surface area contributed by atoms with Crippen molar-refractivity contribution in [2.75, 3.05) is 31.1 Å². The van der Waals surface area contributed by atoms with Gasteiger partial charge in [0.15, 0.2) is 0 Å². The highest BCUT2D eigenvalue weighted by atomic mass is 79.9. The number of rotatable bonds is 7. The van der Waals surface area contributed by atoms with Crippen LogP contribution in [0, 0.1) is 11.8 Å². The van der Waals surface area contributed by atoms with Gasteiger partial charge >= 0.3 is 5.97 Å². The van der Waals surface area contributed by atoms with Crippen LogP contribution in [0.1, 0.15) is 43.8 Å². The Morgan fingerprint density at radius 1 is 0.979 bits per heavy atom. The molecule has 248 valence electrons. The molecule has 0 radical (unpaired) electrons. The number of para-hydroxylation sites is 1. The lowest BCUT2D eigenvalue weighted by Crippen LogP contribution is -2.56. The van der Waals surface area contributed by atoms with Crippen LogP contribution in [-0.4, -0.2) is 77.7 Å². The highest BCUT2D eigenvalue weighted by Crippen LogP contribution is 2.59. The normalized spacial score (nSPS) is 30.2. The number of cyclic esters (lactones) is 1. The monoisotopic (exact) mass is 725 g/mol. The van der Waals surface area contributed by atoms with E-state index in [1.165, 1.54) is 9.80 Å². The van der Waals surface area contributed by atoms with Crippen LogP contribution in [0.2, 0.25) is 5.02 Å². The van der Waals surface area contributed by atoms with Crippen LogP contribution in [0.5, 0.6) is 0 Å². The van der Waals surface area contributed by atoms with Gasteiger partial charge in [-0.2, -0.15) is 0 Å². The van der Waals surface area contributed by atoms with Crippen molar-refractivity contribution in [1.82, 2.24) is 10.2 Å². The third-order valence-corrected chi connectivity index (χ3v) is 10.3. The number of unbranched alkanes of at least 4 members (excludes halogenated alkanes) is 2. The van der Waals surface area contributed by atoms with Crippen LogP contribution in [-0.2, 0) is 28.7 Å². The number of ether oxygens (including phenoxy) is 2. The average molecular weight is 727 g/mol. The lowest BCUT2D eigenvalue weighted by molar-refractivity contribution is -0.159. The van der Waals surface area contributed by atoms with Gasteiger partial charge in [0.25, 0.3) is 5.91 Å². The molecule has 0 aromatic heterocycles. The summed E-state index contributed by atoms with van der Waals surface area (Å²) in [5.41, 5.74) is -0.283. The molecule has 6 rings (SSSR count). The molecule has 4 aliphatic rings. The first-order chi connectivity index (χ1) is 22.8. The van der Waals surface area contributed by atoms with Gasteiger partial charge in [0.1, 0.15) is 29.8 Å². The summed E-state index contributed by atoms with van der Waals surface area (Å²) in [4.78, 5) is 59.4. The number of nitrogens with zero attached hydrogens (tertiary/aromatic N) is 2. The molecule has 10 nitrogen and oxygen atoms in total. The van der Waals surface area contributed by atoms with Crippen LogP contribution in [0.15, 0.2) is 77.3 Å². The Balaban J connectivity index is 1.44. The summed E-state index contributed by atoms with van der Waals surface area (Å²) in [5.74, 6) is -3.69. The number of nitrogens with one attached hydrogen (secondary N) is 1. The molecule has 0 saturated carbocycles. The van der Waals surface area contributed by atoms with E-state index < -0.39 is 47.6 Å². The Morgan fingerprint density at radius 2 is 1.74 bits per heavy atom. The largest absolute Gasteiger partial charge is 0.455 e. The number of anilines is 1. The highest BCUT2D eigenvalue weighted by Gasteiger charge is 2.75. The number of halogens is 2. The summed E-state index contributed by atoms with van der Waals surface area (Å²) in [7, 11) is 0. The number of hydrogen-bond donors (Lipinski definition) is 2. The van der Waals surface area contributed by atoms with Gasteiger partial charge < -0.3 is 29.7 Å². The highest BCUT2D eigenvalue weighted by molar-refractivity contribution is 9.11. The average Bonchev–Trinajstić information content (AvgIpc) is 3.66. The van der Waals surface area contributed by atoms with Crippen LogP contribution in [0.4, 0.5) is 5.69 Å². The second-order valence-corrected chi connectivity index (χ2v) is 13.5. The summed E-state index contributed by atoms with van der Waals surface area (Å²) in [6, 6.07) is 15.0. The Bertz CT molecular complexity index is 1590. The number of amides is 3. The fourth-order valence-electron chi connectivity index (χ4n) is 7.12. The zero-order valence-corrected chi connectivity index (χ0v) is 28.1. The molecule has 6 atom stereocenters. The summed E-state index contributed by atoms with van der Waals surface area (Å²) in [6.45, 7) is 0.437. The number of carbonyl (C=O) groups excluding carboxylic acids is 4. The first-order valence-electron chi connectivity index (χ1n) is 16.0. The summed E-state index contributed by atoms with van der Waals surface area (Å²) in [5, 5.41) is 12.6. The molecule has 3 amide bonds. The van der Waals surface area contributed by atoms with Crippen LogP contribution < -0.4 is 10.2 Å². The number of allylic oxidation sites excluding steroid dienone is 1. The van der Waals surface area contributed by atoms with Gasteiger partial charge in [-0.15, -0.1) is 0 Å². The van der Waals surface area contributed by atoms with Crippen LogP contribution >= 0.6 is 27.5 Å². The number of esters is 1. The second-order valence-electron chi connectivity index (χ2n) is 12.2. The van der Waals surface area contributed by atoms with Gasteiger partial charge in [0.05, 0.1) is 23.2 Å². The van der Waals surface area contributed by atoms with E-state index in [4.69, 9.17) is 21.1 Å². The lowest BCUT2D eigenvalue weighted by Gasteiger charge is -2.36. The van der Waals surface area contributed by atoms with E-state index in [2.05, 4.69) is 21.2 Å². The Hall–Kier alpha value is -3.51. The van der Waals surface area contributed by atoms with Crippen molar-refractivity contribution < 1.29 is 33.8 Å². The van der Waals surface area contributed by atoms with Gasteiger partial charge in [-0.25, -0.2) is 0 Å². The van der Waals surface area contributed by atoms with E-state index >= 15 is 0 Å². The molecule has 1 spiro atoms. The fourth-order valence-corrected chi connectivity index (χ4v) is 8.10. The minimum absolute atomic E-state index is 0.0207. The predicted molar refractivity (Wildman–Crippen MR) is 178 cm³/mol. The topological polar surface area (TPSA) is 125 Å². The Kier molecular flexibility index (Phi) is 10.2. The summed E-state index contributed by atoms with van der Waals surface area (Å²) in [6.07, 6.45) is 6.14. The minimum Gasteiger partial charge on any atom is -0.455 e.